The van der Waals surface area contributed by atoms with Gasteiger partial charge in [-0.25, -0.2) is 0 Å². The summed E-state index contributed by atoms with van der Waals surface area (Å²) in [5, 5.41) is 5.50. The number of amides is 1. The highest BCUT2D eigenvalue weighted by atomic mass is 35.5. The van der Waals surface area contributed by atoms with E-state index < -0.39 is 0 Å². The minimum Gasteiger partial charge on any atom is -0.493 e. The van der Waals surface area contributed by atoms with Crippen LogP contribution in [0, 0.1) is 0 Å². The van der Waals surface area contributed by atoms with Crippen molar-refractivity contribution in [3.05, 3.63) is 18.2 Å². The summed E-state index contributed by atoms with van der Waals surface area (Å²) in [6.45, 7) is 0.272. The molecule has 0 saturated carbocycles. The van der Waals surface area contributed by atoms with Gasteiger partial charge in [-0.3, -0.25) is 4.79 Å². The van der Waals surface area contributed by atoms with Gasteiger partial charge in [0.2, 0.25) is 5.91 Å². The van der Waals surface area contributed by atoms with Crippen molar-refractivity contribution >= 4 is 24.0 Å². The van der Waals surface area contributed by atoms with Crippen LogP contribution in [0.25, 0.3) is 0 Å². The van der Waals surface area contributed by atoms with Crippen molar-refractivity contribution < 1.29 is 14.3 Å². The van der Waals surface area contributed by atoms with E-state index in [2.05, 4.69) is 10.6 Å². The Labute approximate surface area is 107 Å². The van der Waals surface area contributed by atoms with Crippen molar-refractivity contribution in [3.8, 4) is 11.5 Å². The number of hydrogen-bond acceptors (Lipinski definition) is 4. The summed E-state index contributed by atoms with van der Waals surface area (Å²) < 4.78 is 10.2. The topological polar surface area (TPSA) is 59.6 Å². The first kappa shape index (κ1) is 15.5. The van der Waals surface area contributed by atoms with E-state index in [4.69, 9.17) is 9.47 Å². The van der Waals surface area contributed by atoms with E-state index in [1.807, 2.05) is 0 Å². The number of hydrogen-bond donors (Lipinski definition) is 2. The molecule has 6 heteroatoms. The fourth-order valence-electron chi connectivity index (χ4n) is 1.28. The Bertz CT molecular complexity index is 372. The van der Waals surface area contributed by atoms with Gasteiger partial charge in [0.25, 0.3) is 0 Å². The fourth-order valence-corrected chi connectivity index (χ4v) is 1.28. The Morgan fingerprint density at radius 1 is 1.24 bits per heavy atom. The molecule has 0 aromatic heterocycles. The van der Waals surface area contributed by atoms with E-state index in [1.54, 1.807) is 39.5 Å². The molecule has 0 fully saturated rings. The smallest absolute Gasteiger partial charge is 0.238 e. The zero-order valence-electron chi connectivity index (χ0n) is 10.1. The fraction of sp³-hybridized carbons (Fsp3) is 0.364. The molecule has 0 bridgehead atoms. The first-order valence-electron chi connectivity index (χ1n) is 4.87. The second kappa shape index (κ2) is 7.76. The number of halogens is 1. The van der Waals surface area contributed by atoms with Gasteiger partial charge < -0.3 is 20.1 Å². The van der Waals surface area contributed by atoms with E-state index in [1.165, 1.54) is 0 Å². The van der Waals surface area contributed by atoms with Gasteiger partial charge in [0, 0.05) is 11.8 Å². The van der Waals surface area contributed by atoms with E-state index in [0.29, 0.717) is 17.2 Å². The number of rotatable bonds is 5. The van der Waals surface area contributed by atoms with Gasteiger partial charge >= 0.3 is 0 Å². The molecular formula is C11H17ClN2O3. The number of likely N-dealkylation sites (N-methyl/N-ethyl adjacent to an activating group) is 1. The van der Waals surface area contributed by atoms with Gasteiger partial charge in [-0.1, -0.05) is 0 Å². The third kappa shape index (κ3) is 4.50. The molecule has 17 heavy (non-hydrogen) atoms. The molecule has 96 valence electrons. The second-order valence-electron chi connectivity index (χ2n) is 3.15. The Kier molecular flexibility index (Phi) is 7.09. The van der Waals surface area contributed by atoms with Crippen LogP contribution in [0.15, 0.2) is 18.2 Å². The molecule has 0 atom stereocenters. The van der Waals surface area contributed by atoms with E-state index in [-0.39, 0.29) is 24.9 Å². The summed E-state index contributed by atoms with van der Waals surface area (Å²) >= 11 is 0. The van der Waals surface area contributed by atoms with E-state index in [9.17, 15) is 4.79 Å². The lowest BCUT2D eigenvalue weighted by atomic mass is 10.2. The number of anilines is 1. The highest BCUT2D eigenvalue weighted by Crippen LogP contribution is 2.29. The Morgan fingerprint density at radius 3 is 2.41 bits per heavy atom. The summed E-state index contributed by atoms with van der Waals surface area (Å²) in [4.78, 5) is 11.3. The van der Waals surface area contributed by atoms with Crippen LogP contribution in [0.5, 0.6) is 11.5 Å². The first-order chi connectivity index (χ1) is 7.71. The SMILES string of the molecule is CNCC(=O)Nc1ccc(OC)c(OC)c1.Cl. The normalized spacial score (nSPS) is 9.12. The van der Waals surface area contributed by atoms with Gasteiger partial charge in [0.1, 0.15) is 0 Å². The van der Waals surface area contributed by atoms with Crippen molar-refractivity contribution in [2.45, 2.75) is 0 Å². The molecule has 1 aromatic carbocycles. The molecule has 0 saturated heterocycles. The van der Waals surface area contributed by atoms with Gasteiger partial charge in [0.05, 0.1) is 20.8 Å². The number of carbonyl (C=O) groups excluding carboxylic acids is 1. The average Bonchev–Trinajstić information content (AvgIpc) is 2.29. The van der Waals surface area contributed by atoms with Gasteiger partial charge in [-0.2, -0.15) is 0 Å². The minimum atomic E-state index is -0.102. The zero-order chi connectivity index (χ0) is 12.0. The van der Waals surface area contributed by atoms with E-state index in [0.717, 1.165) is 0 Å². The van der Waals surface area contributed by atoms with Crippen LogP contribution in [0.1, 0.15) is 0 Å². The molecule has 0 aliphatic rings. The maximum Gasteiger partial charge on any atom is 0.238 e. The molecule has 1 aromatic rings. The molecule has 0 heterocycles. The third-order valence-electron chi connectivity index (χ3n) is 2.00. The molecule has 0 spiro atoms. The van der Waals surface area contributed by atoms with Gasteiger partial charge in [0.15, 0.2) is 11.5 Å². The van der Waals surface area contributed by atoms with Crippen molar-refractivity contribution in [1.29, 1.82) is 0 Å². The summed E-state index contributed by atoms with van der Waals surface area (Å²) in [5.74, 6) is 1.12. The van der Waals surface area contributed by atoms with Crippen LogP contribution in [0.3, 0.4) is 0 Å². The molecule has 1 amide bonds. The molecule has 0 aliphatic heterocycles. The van der Waals surface area contributed by atoms with Crippen molar-refractivity contribution in [2.24, 2.45) is 0 Å². The van der Waals surface area contributed by atoms with Crippen LogP contribution in [-0.2, 0) is 4.79 Å². The molecule has 0 unspecified atom stereocenters. The maximum atomic E-state index is 11.3. The minimum absolute atomic E-state index is 0. The number of methoxy groups -OCH3 is 2. The lowest BCUT2D eigenvalue weighted by Gasteiger charge is -2.10. The summed E-state index contributed by atoms with van der Waals surface area (Å²) in [6.07, 6.45) is 0. The highest BCUT2D eigenvalue weighted by molar-refractivity contribution is 5.92. The van der Waals surface area contributed by atoms with Crippen LogP contribution in [0.2, 0.25) is 0 Å². The maximum absolute atomic E-state index is 11.3. The Balaban J connectivity index is 0.00000256. The number of ether oxygens (including phenoxy) is 2. The lowest BCUT2D eigenvalue weighted by molar-refractivity contribution is -0.115. The predicted molar refractivity (Wildman–Crippen MR) is 69.4 cm³/mol. The van der Waals surface area contributed by atoms with Crippen LogP contribution in [0.4, 0.5) is 5.69 Å². The zero-order valence-corrected chi connectivity index (χ0v) is 10.9. The summed E-state index contributed by atoms with van der Waals surface area (Å²) in [7, 11) is 4.84. The Hall–Kier alpha value is -1.46. The molecule has 1 rings (SSSR count). The number of carbonyl (C=O) groups is 1. The third-order valence-corrected chi connectivity index (χ3v) is 2.00. The number of nitrogens with one attached hydrogen (secondary N) is 2. The molecule has 0 aliphatic carbocycles. The molecular weight excluding hydrogens is 244 g/mol. The van der Waals surface area contributed by atoms with Crippen molar-refractivity contribution in [2.75, 3.05) is 33.1 Å². The summed E-state index contributed by atoms with van der Waals surface area (Å²) in [5.41, 5.74) is 0.679. The highest BCUT2D eigenvalue weighted by Gasteiger charge is 2.06. The summed E-state index contributed by atoms with van der Waals surface area (Å²) in [6, 6.07) is 5.22. The lowest BCUT2D eigenvalue weighted by Crippen LogP contribution is -2.25. The first-order valence-corrected chi connectivity index (χ1v) is 4.87. The van der Waals surface area contributed by atoms with Crippen LogP contribution >= 0.6 is 12.4 Å². The van der Waals surface area contributed by atoms with E-state index >= 15 is 0 Å². The molecule has 5 nitrogen and oxygen atoms in total. The van der Waals surface area contributed by atoms with Crippen molar-refractivity contribution in [3.63, 3.8) is 0 Å². The second-order valence-corrected chi connectivity index (χ2v) is 3.15. The molecule has 2 N–H and O–H groups in total. The average molecular weight is 261 g/mol. The largest absolute Gasteiger partial charge is 0.493 e. The van der Waals surface area contributed by atoms with Crippen LogP contribution in [-0.4, -0.2) is 33.7 Å². The van der Waals surface area contributed by atoms with Crippen LogP contribution < -0.4 is 20.1 Å². The predicted octanol–water partition coefficient (Wildman–Crippen LogP) is 1.28. The molecule has 0 radical (unpaired) electrons. The van der Waals surface area contributed by atoms with Gasteiger partial charge in [-0.05, 0) is 19.2 Å². The standard InChI is InChI=1S/C11H16N2O3.ClH/c1-12-7-11(14)13-8-4-5-9(15-2)10(6-8)16-3;/h4-6,12H,7H2,1-3H3,(H,13,14);1H. The monoisotopic (exact) mass is 260 g/mol. The quantitative estimate of drug-likeness (QED) is 0.838. The van der Waals surface area contributed by atoms with Crippen molar-refractivity contribution in [1.82, 2.24) is 5.32 Å². The van der Waals surface area contributed by atoms with Gasteiger partial charge in [-0.15, -0.1) is 12.4 Å². The Morgan fingerprint density at radius 2 is 1.88 bits per heavy atom. The number of benzene rings is 1.